The molecule has 1 N–H and O–H groups in total. The van der Waals surface area contributed by atoms with Gasteiger partial charge in [-0.3, -0.25) is 0 Å². The first-order valence-corrected chi connectivity index (χ1v) is 8.61. The fraction of sp³-hybridized carbons (Fsp3) is 0.353. The third-order valence-corrected chi connectivity index (χ3v) is 3.69. The maximum Gasteiger partial charge on any atom is 0.408 e. The highest BCUT2D eigenvalue weighted by Gasteiger charge is 2.22. The normalized spacial score (nSPS) is 11.6. The molecule has 1 aromatic carbocycles. The molecule has 0 aliphatic rings. The van der Waals surface area contributed by atoms with E-state index in [4.69, 9.17) is 9.47 Å². The highest BCUT2D eigenvalue weighted by atomic mass is 32.2. The monoisotopic (exact) mass is 367 g/mol. The first-order valence-electron chi connectivity index (χ1n) is 7.56. The third kappa shape index (κ3) is 8.80. The number of nitrogens with one attached hydrogen (secondary N) is 1. The molecule has 0 fully saturated rings. The zero-order valence-electron chi connectivity index (χ0n) is 14.1. The van der Waals surface area contributed by atoms with E-state index in [0.717, 1.165) is 17.3 Å². The van der Waals surface area contributed by atoms with Crippen LogP contribution in [0.1, 0.15) is 12.5 Å². The van der Waals surface area contributed by atoms with Crippen molar-refractivity contribution >= 4 is 29.8 Å². The second-order valence-corrected chi connectivity index (χ2v) is 5.61. The van der Waals surface area contributed by atoms with E-state index in [1.807, 2.05) is 30.3 Å². The van der Waals surface area contributed by atoms with Crippen LogP contribution in [0, 0.1) is 0 Å². The molecule has 7 nitrogen and oxygen atoms in total. The van der Waals surface area contributed by atoms with Crippen LogP contribution in [0.2, 0.25) is 0 Å². The molecule has 1 aromatic rings. The predicted octanol–water partition coefficient (Wildman–Crippen LogP) is 2.26. The fourth-order valence-electron chi connectivity index (χ4n) is 1.64. The number of methoxy groups -OCH3 is 1. The summed E-state index contributed by atoms with van der Waals surface area (Å²) in [5.74, 6) is -0.888. The largest absolute Gasteiger partial charge is 0.466 e. The Morgan fingerprint density at radius 3 is 2.56 bits per heavy atom. The molecule has 136 valence electrons. The quantitative estimate of drug-likeness (QED) is 0.407. The number of benzene rings is 1. The number of carbonyl (C=O) groups is 3. The first kappa shape index (κ1) is 20.6. The Morgan fingerprint density at radius 2 is 1.92 bits per heavy atom. The molecule has 8 heteroatoms. The van der Waals surface area contributed by atoms with Crippen LogP contribution < -0.4 is 5.32 Å². The Hall–Kier alpha value is -2.48. The van der Waals surface area contributed by atoms with Crippen LogP contribution in [0.25, 0.3) is 0 Å². The van der Waals surface area contributed by atoms with Gasteiger partial charge in [0.1, 0.15) is 12.6 Å². The molecule has 0 radical (unpaired) electrons. The average Bonchev–Trinajstić information content (AvgIpc) is 2.63. The summed E-state index contributed by atoms with van der Waals surface area (Å²) in [6.07, 6.45) is 0.500. The summed E-state index contributed by atoms with van der Waals surface area (Å²) in [5, 5.41) is 3.95. The van der Waals surface area contributed by atoms with Gasteiger partial charge in [-0.2, -0.15) is 0 Å². The summed E-state index contributed by atoms with van der Waals surface area (Å²) in [6.45, 7) is 1.96. The first-order chi connectivity index (χ1) is 12.1. The molecule has 1 atom stereocenters. The highest BCUT2D eigenvalue weighted by molar-refractivity contribution is 8.02. The second-order valence-electron chi connectivity index (χ2n) is 4.67. The molecule has 1 amide bonds. The lowest BCUT2D eigenvalue weighted by atomic mass is 10.2. The van der Waals surface area contributed by atoms with Crippen molar-refractivity contribution in [1.82, 2.24) is 5.32 Å². The van der Waals surface area contributed by atoms with Gasteiger partial charge in [-0.05, 0) is 17.9 Å². The van der Waals surface area contributed by atoms with Crippen LogP contribution >= 0.6 is 11.8 Å². The molecule has 0 saturated heterocycles. The lowest BCUT2D eigenvalue weighted by Crippen LogP contribution is -2.43. The molecule has 0 unspecified atom stereocenters. The van der Waals surface area contributed by atoms with Gasteiger partial charge in [0.25, 0.3) is 0 Å². The minimum Gasteiger partial charge on any atom is -0.466 e. The lowest BCUT2D eigenvalue weighted by Gasteiger charge is -2.16. The van der Waals surface area contributed by atoms with Crippen LogP contribution in [-0.4, -0.2) is 43.5 Å². The van der Waals surface area contributed by atoms with Gasteiger partial charge in [0, 0.05) is 11.8 Å². The third-order valence-electron chi connectivity index (χ3n) is 2.84. The van der Waals surface area contributed by atoms with E-state index in [1.54, 1.807) is 6.92 Å². The van der Waals surface area contributed by atoms with E-state index < -0.39 is 24.1 Å². The number of hydrogen-bond acceptors (Lipinski definition) is 7. The van der Waals surface area contributed by atoms with Crippen molar-refractivity contribution in [3.05, 3.63) is 47.4 Å². The number of rotatable bonds is 9. The highest BCUT2D eigenvalue weighted by Crippen LogP contribution is 2.08. The molecule has 0 bridgehead atoms. The molecular formula is C17H21NO6S. The van der Waals surface area contributed by atoms with E-state index in [2.05, 4.69) is 10.1 Å². The number of esters is 2. The zero-order chi connectivity index (χ0) is 18.5. The van der Waals surface area contributed by atoms with Crippen LogP contribution in [0.3, 0.4) is 0 Å². The Kier molecular flexibility index (Phi) is 9.84. The Bertz CT molecular complexity index is 590. The summed E-state index contributed by atoms with van der Waals surface area (Å²) >= 11 is 1.16. The van der Waals surface area contributed by atoms with Crippen molar-refractivity contribution in [2.75, 3.05) is 19.5 Å². The maximum absolute atomic E-state index is 11.9. The number of ether oxygens (including phenoxy) is 3. The SMILES string of the molecule is CCOC(=O)[C@H](CS/C=C/C(=O)OC)NC(=O)OCc1ccccc1. The summed E-state index contributed by atoms with van der Waals surface area (Å²) < 4.78 is 14.5. The molecule has 0 aliphatic carbocycles. The van der Waals surface area contributed by atoms with Crippen LogP contribution in [0.4, 0.5) is 4.79 Å². The average molecular weight is 367 g/mol. The number of carbonyl (C=O) groups excluding carboxylic acids is 3. The fourth-order valence-corrected chi connectivity index (χ4v) is 2.37. The second kappa shape index (κ2) is 12.0. The van der Waals surface area contributed by atoms with Crippen LogP contribution in [0.5, 0.6) is 0 Å². The standard InChI is InChI=1S/C17H21NO6S/c1-3-23-16(20)14(12-25-10-9-15(19)22-2)18-17(21)24-11-13-7-5-4-6-8-13/h4-10,14H,3,11-12H2,1-2H3,(H,18,21)/b10-9+/t14-/m0/s1. The molecular weight excluding hydrogens is 346 g/mol. The minimum absolute atomic E-state index is 0.0948. The number of hydrogen-bond donors (Lipinski definition) is 1. The summed E-state index contributed by atoms with van der Waals surface area (Å²) in [4.78, 5) is 34.8. The van der Waals surface area contributed by atoms with Crippen molar-refractivity contribution in [3.8, 4) is 0 Å². The molecule has 0 aliphatic heterocycles. The molecule has 0 saturated carbocycles. The molecule has 0 spiro atoms. The van der Waals surface area contributed by atoms with Gasteiger partial charge >= 0.3 is 18.0 Å². The van der Waals surface area contributed by atoms with E-state index >= 15 is 0 Å². The summed E-state index contributed by atoms with van der Waals surface area (Å²) in [5.41, 5.74) is 0.834. The summed E-state index contributed by atoms with van der Waals surface area (Å²) in [6, 6.07) is 8.28. The van der Waals surface area contributed by atoms with Crippen molar-refractivity contribution in [2.45, 2.75) is 19.6 Å². The van der Waals surface area contributed by atoms with E-state index in [-0.39, 0.29) is 19.0 Å². The molecule has 0 heterocycles. The van der Waals surface area contributed by atoms with E-state index in [1.165, 1.54) is 18.6 Å². The van der Waals surface area contributed by atoms with Gasteiger partial charge in [-0.15, -0.1) is 11.8 Å². The van der Waals surface area contributed by atoms with Crippen molar-refractivity contribution in [2.24, 2.45) is 0 Å². The number of alkyl carbamates (subject to hydrolysis) is 1. The molecule has 25 heavy (non-hydrogen) atoms. The van der Waals surface area contributed by atoms with E-state index in [0.29, 0.717) is 0 Å². The smallest absolute Gasteiger partial charge is 0.408 e. The van der Waals surface area contributed by atoms with Gasteiger partial charge in [0.15, 0.2) is 0 Å². The Labute approximate surface area is 150 Å². The predicted molar refractivity (Wildman–Crippen MR) is 93.8 cm³/mol. The van der Waals surface area contributed by atoms with Gasteiger partial charge in [0.2, 0.25) is 0 Å². The lowest BCUT2D eigenvalue weighted by molar-refractivity contribution is -0.144. The number of thioether (sulfide) groups is 1. The van der Waals surface area contributed by atoms with Crippen molar-refractivity contribution in [3.63, 3.8) is 0 Å². The van der Waals surface area contributed by atoms with Crippen LogP contribution in [-0.2, 0) is 30.4 Å². The van der Waals surface area contributed by atoms with E-state index in [9.17, 15) is 14.4 Å². The Morgan fingerprint density at radius 1 is 1.20 bits per heavy atom. The number of amides is 1. The zero-order valence-corrected chi connectivity index (χ0v) is 14.9. The van der Waals surface area contributed by atoms with Crippen molar-refractivity contribution < 1.29 is 28.6 Å². The van der Waals surface area contributed by atoms with Gasteiger partial charge in [-0.1, -0.05) is 30.3 Å². The molecule has 0 aromatic heterocycles. The topological polar surface area (TPSA) is 90.9 Å². The summed E-state index contributed by atoms with van der Waals surface area (Å²) in [7, 11) is 1.27. The van der Waals surface area contributed by atoms with Crippen molar-refractivity contribution in [1.29, 1.82) is 0 Å². The minimum atomic E-state index is -0.893. The molecule has 1 rings (SSSR count). The van der Waals surface area contributed by atoms with Gasteiger partial charge < -0.3 is 19.5 Å². The van der Waals surface area contributed by atoms with Crippen LogP contribution in [0.15, 0.2) is 41.8 Å². The van der Waals surface area contributed by atoms with Gasteiger partial charge in [0.05, 0.1) is 13.7 Å². The Balaban J connectivity index is 2.51. The maximum atomic E-state index is 11.9. The van der Waals surface area contributed by atoms with Gasteiger partial charge in [-0.25, -0.2) is 14.4 Å².